The number of para-hydroxylation sites is 1. The van der Waals surface area contributed by atoms with Crippen LogP contribution in [0.4, 0.5) is 5.69 Å². The highest BCUT2D eigenvalue weighted by atomic mass is 35.5. The molecule has 0 aliphatic heterocycles. The molecule has 0 aliphatic carbocycles. The maximum absolute atomic E-state index is 12.7. The fourth-order valence-electron chi connectivity index (χ4n) is 2.76. The van der Waals surface area contributed by atoms with Crippen LogP contribution in [-0.2, 0) is 11.3 Å². The predicted octanol–water partition coefficient (Wildman–Crippen LogP) is 4.98. The van der Waals surface area contributed by atoms with Gasteiger partial charge in [0.1, 0.15) is 18.1 Å². The largest absolute Gasteiger partial charge is 0.493 e. The van der Waals surface area contributed by atoms with Crippen LogP contribution >= 0.6 is 11.6 Å². The fraction of sp³-hybridized carbons (Fsp3) is 0.217. The highest BCUT2D eigenvalue weighted by Crippen LogP contribution is 2.26. The van der Waals surface area contributed by atoms with Gasteiger partial charge in [0.25, 0.3) is 5.91 Å². The third-order valence-electron chi connectivity index (χ3n) is 4.21. The minimum atomic E-state index is -0.277. The molecule has 0 aliphatic rings. The number of halogens is 1. The van der Waals surface area contributed by atoms with E-state index in [1.165, 1.54) is 0 Å². The van der Waals surface area contributed by atoms with E-state index in [-0.39, 0.29) is 12.5 Å². The van der Waals surface area contributed by atoms with Gasteiger partial charge >= 0.3 is 0 Å². The number of carbonyl (C=O) groups is 1. The molecule has 156 valence electrons. The van der Waals surface area contributed by atoms with Gasteiger partial charge in [-0.1, -0.05) is 23.7 Å². The van der Waals surface area contributed by atoms with Gasteiger partial charge in [0.05, 0.1) is 24.1 Å². The van der Waals surface area contributed by atoms with Crippen molar-refractivity contribution in [2.45, 2.75) is 13.0 Å². The Balaban J connectivity index is 1.70. The van der Waals surface area contributed by atoms with Crippen LogP contribution in [0.1, 0.15) is 22.3 Å². The maximum atomic E-state index is 12.7. The van der Waals surface area contributed by atoms with Gasteiger partial charge in [0, 0.05) is 36.9 Å². The van der Waals surface area contributed by atoms with Gasteiger partial charge in [-0.25, -0.2) is 0 Å². The van der Waals surface area contributed by atoms with Crippen molar-refractivity contribution in [2.24, 2.45) is 0 Å². The van der Waals surface area contributed by atoms with Gasteiger partial charge in [0.15, 0.2) is 0 Å². The molecular weight excluding hydrogens is 404 g/mol. The van der Waals surface area contributed by atoms with Gasteiger partial charge < -0.3 is 19.5 Å². The zero-order valence-electron chi connectivity index (χ0n) is 16.6. The second-order valence-electron chi connectivity index (χ2n) is 6.43. The lowest BCUT2D eigenvalue weighted by molar-refractivity contribution is 0.102. The molecule has 0 fully saturated rings. The summed E-state index contributed by atoms with van der Waals surface area (Å²) in [5.74, 6) is 0.873. The summed E-state index contributed by atoms with van der Waals surface area (Å²) in [6, 6.07) is 16.0. The number of rotatable bonds is 10. The molecular formula is C23H23ClN2O4. The highest BCUT2D eigenvalue weighted by molar-refractivity contribution is 6.30. The van der Waals surface area contributed by atoms with Crippen LogP contribution in [-0.4, -0.2) is 31.2 Å². The van der Waals surface area contributed by atoms with Crippen molar-refractivity contribution in [1.29, 1.82) is 0 Å². The van der Waals surface area contributed by atoms with Crippen molar-refractivity contribution >= 4 is 23.2 Å². The minimum absolute atomic E-state index is 0.206. The first kappa shape index (κ1) is 21.6. The number of pyridine rings is 1. The van der Waals surface area contributed by atoms with Crippen molar-refractivity contribution < 1.29 is 19.0 Å². The number of nitrogens with zero attached hydrogens (tertiary/aromatic N) is 1. The highest BCUT2D eigenvalue weighted by Gasteiger charge is 2.14. The Hall–Kier alpha value is -3.09. The molecule has 30 heavy (non-hydrogen) atoms. The molecule has 3 rings (SSSR count). The SMILES string of the molecule is COCCCOc1ccc(Cl)cc1COc1ccccc1C(=O)Nc1cccnc1. The number of benzene rings is 2. The average Bonchev–Trinajstić information content (AvgIpc) is 2.77. The summed E-state index contributed by atoms with van der Waals surface area (Å²) in [6.07, 6.45) is 4.00. The molecule has 0 bridgehead atoms. The van der Waals surface area contributed by atoms with E-state index in [1.807, 2.05) is 12.1 Å². The summed E-state index contributed by atoms with van der Waals surface area (Å²) >= 11 is 6.15. The number of ether oxygens (including phenoxy) is 3. The van der Waals surface area contributed by atoms with Crippen molar-refractivity contribution in [2.75, 3.05) is 25.6 Å². The number of anilines is 1. The van der Waals surface area contributed by atoms with E-state index in [1.54, 1.807) is 62.0 Å². The second kappa shape index (κ2) is 11.2. The Kier molecular flexibility index (Phi) is 8.06. The summed E-state index contributed by atoms with van der Waals surface area (Å²) in [5.41, 5.74) is 1.83. The molecule has 7 heteroatoms. The molecule has 1 heterocycles. The van der Waals surface area contributed by atoms with E-state index < -0.39 is 0 Å². The van der Waals surface area contributed by atoms with E-state index in [2.05, 4.69) is 10.3 Å². The number of hydrogen-bond donors (Lipinski definition) is 1. The van der Waals surface area contributed by atoms with Crippen molar-refractivity contribution in [3.05, 3.63) is 83.1 Å². The maximum Gasteiger partial charge on any atom is 0.259 e. The molecule has 1 aromatic heterocycles. The van der Waals surface area contributed by atoms with Crippen molar-refractivity contribution in [1.82, 2.24) is 4.98 Å². The van der Waals surface area contributed by atoms with Crippen LogP contribution in [0.5, 0.6) is 11.5 Å². The third kappa shape index (κ3) is 6.20. The number of carbonyl (C=O) groups excluding carboxylic acids is 1. The Morgan fingerprint density at radius 1 is 1.03 bits per heavy atom. The molecule has 1 amide bonds. The lowest BCUT2D eigenvalue weighted by Gasteiger charge is -2.15. The van der Waals surface area contributed by atoms with Crippen LogP contribution in [0, 0.1) is 0 Å². The standard InChI is InChI=1S/C23H23ClN2O4/c1-28-12-5-13-29-21-10-9-18(24)14-17(21)16-30-22-8-3-2-7-20(22)23(27)26-19-6-4-11-25-15-19/h2-4,6-11,14-15H,5,12-13,16H2,1H3,(H,26,27). The molecule has 2 aromatic carbocycles. The summed E-state index contributed by atoms with van der Waals surface area (Å²) in [7, 11) is 1.66. The zero-order chi connectivity index (χ0) is 21.2. The molecule has 1 N–H and O–H groups in total. The summed E-state index contributed by atoms with van der Waals surface area (Å²) < 4.78 is 16.8. The van der Waals surface area contributed by atoms with Gasteiger partial charge in [-0.15, -0.1) is 0 Å². The van der Waals surface area contributed by atoms with Crippen LogP contribution in [0.15, 0.2) is 67.0 Å². The first-order chi connectivity index (χ1) is 14.7. The number of amides is 1. The summed E-state index contributed by atoms with van der Waals surface area (Å²) in [5, 5.41) is 3.40. The Labute approximate surface area is 180 Å². The second-order valence-corrected chi connectivity index (χ2v) is 6.86. The van der Waals surface area contributed by atoms with Crippen LogP contribution in [0.2, 0.25) is 5.02 Å². The number of nitrogens with one attached hydrogen (secondary N) is 1. The normalized spacial score (nSPS) is 10.5. The monoisotopic (exact) mass is 426 g/mol. The average molecular weight is 427 g/mol. The van der Waals surface area contributed by atoms with Crippen LogP contribution in [0.25, 0.3) is 0 Å². The van der Waals surface area contributed by atoms with Gasteiger partial charge in [0.2, 0.25) is 0 Å². The van der Waals surface area contributed by atoms with Crippen LogP contribution < -0.4 is 14.8 Å². The molecule has 6 nitrogen and oxygen atoms in total. The number of aromatic nitrogens is 1. The lowest BCUT2D eigenvalue weighted by Crippen LogP contribution is -2.14. The van der Waals surface area contributed by atoms with E-state index in [9.17, 15) is 4.79 Å². The topological polar surface area (TPSA) is 69.7 Å². The van der Waals surface area contributed by atoms with Crippen molar-refractivity contribution in [3.63, 3.8) is 0 Å². The smallest absolute Gasteiger partial charge is 0.259 e. The Bertz CT molecular complexity index is 966. The zero-order valence-corrected chi connectivity index (χ0v) is 17.4. The molecule has 3 aromatic rings. The summed E-state index contributed by atoms with van der Waals surface area (Å²) in [4.78, 5) is 16.7. The Morgan fingerprint density at radius 3 is 2.70 bits per heavy atom. The summed E-state index contributed by atoms with van der Waals surface area (Å²) in [6.45, 7) is 1.35. The quantitative estimate of drug-likeness (QED) is 0.463. The molecule has 0 saturated heterocycles. The van der Waals surface area contributed by atoms with E-state index >= 15 is 0 Å². The Morgan fingerprint density at radius 2 is 1.90 bits per heavy atom. The van der Waals surface area contributed by atoms with Crippen molar-refractivity contribution in [3.8, 4) is 11.5 Å². The number of methoxy groups -OCH3 is 1. The van der Waals surface area contributed by atoms with E-state index in [0.29, 0.717) is 41.0 Å². The first-order valence-corrected chi connectivity index (χ1v) is 9.88. The van der Waals surface area contributed by atoms with Gasteiger partial charge in [-0.2, -0.15) is 0 Å². The molecule has 0 radical (unpaired) electrons. The fourth-order valence-corrected chi connectivity index (χ4v) is 2.95. The third-order valence-corrected chi connectivity index (χ3v) is 4.44. The molecule has 0 atom stereocenters. The van der Waals surface area contributed by atoms with E-state index in [4.69, 9.17) is 25.8 Å². The molecule has 0 spiro atoms. The van der Waals surface area contributed by atoms with Gasteiger partial charge in [-0.3, -0.25) is 9.78 Å². The first-order valence-electron chi connectivity index (χ1n) is 9.50. The van der Waals surface area contributed by atoms with Gasteiger partial charge in [-0.05, 0) is 42.5 Å². The lowest BCUT2D eigenvalue weighted by atomic mass is 10.1. The molecule has 0 unspecified atom stereocenters. The number of hydrogen-bond acceptors (Lipinski definition) is 5. The predicted molar refractivity (Wildman–Crippen MR) is 116 cm³/mol. The molecule has 0 saturated carbocycles. The van der Waals surface area contributed by atoms with Crippen LogP contribution in [0.3, 0.4) is 0 Å². The minimum Gasteiger partial charge on any atom is -0.493 e. The van der Waals surface area contributed by atoms with E-state index in [0.717, 1.165) is 12.0 Å².